The highest BCUT2D eigenvalue weighted by Gasteiger charge is 2.12. The van der Waals surface area contributed by atoms with Crippen molar-refractivity contribution >= 4 is 27.6 Å². The summed E-state index contributed by atoms with van der Waals surface area (Å²) < 4.78 is 6.15. The van der Waals surface area contributed by atoms with E-state index in [9.17, 15) is 14.9 Å². The molecule has 0 aromatic heterocycles. The van der Waals surface area contributed by atoms with Crippen molar-refractivity contribution < 1.29 is 19.6 Å². The van der Waals surface area contributed by atoms with Crippen LogP contribution in [0.5, 0.6) is 5.75 Å². The third kappa shape index (κ3) is 3.79. The zero-order chi connectivity index (χ0) is 15.4. The number of hydrogen-bond donors (Lipinski definition) is 1. The summed E-state index contributed by atoms with van der Waals surface area (Å²) in [4.78, 5) is 21.3. The molecule has 0 atom stereocenters. The number of non-ortho nitro benzene ring substituents is 1. The fourth-order valence-corrected chi connectivity index (χ4v) is 2.05. The molecule has 0 heterocycles. The minimum atomic E-state index is -1.10. The number of ether oxygens (including phenoxy) is 1. The predicted octanol–water partition coefficient (Wildman–Crippen LogP) is 3.63. The van der Waals surface area contributed by atoms with Crippen molar-refractivity contribution in [2.24, 2.45) is 0 Å². The van der Waals surface area contributed by atoms with Gasteiger partial charge in [-0.15, -0.1) is 0 Å². The van der Waals surface area contributed by atoms with Gasteiger partial charge in [-0.05, 0) is 23.8 Å². The molecule has 0 aliphatic heterocycles. The molecule has 2 rings (SSSR count). The van der Waals surface area contributed by atoms with Crippen LogP contribution in [0.15, 0.2) is 46.9 Å². The molecule has 0 amide bonds. The summed E-state index contributed by atoms with van der Waals surface area (Å²) in [5, 5.41) is 19.8. The summed E-state index contributed by atoms with van der Waals surface area (Å²) in [6.45, 7) is 0.0401. The molecule has 2 aromatic carbocycles. The summed E-state index contributed by atoms with van der Waals surface area (Å²) in [5.74, 6) is -0.903. The van der Waals surface area contributed by atoms with Gasteiger partial charge in [-0.1, -0.05) is 28.1 Å². The number of carboxylic acid groups (broad SMARTS) is 1. The standard InChI is InChI=1S/C14H10BrNO5/c15-10-4-5-12(14(17)18)13(7-10)21-8-9-2-1-3-11(6-9)16(19)20/h1-7H,8H2,(H,17,18). The van der Waals surface area contributed by atoms with E-state index in [1.807, 2.05) is 0 Å². The second-order valence-electron chi connectivity index (χ2n) is 4.16. The summed E-state index contributed by atoms with van der Waals surface area (Å²) in [6.07, 6.45) is 0. The lowest BCUT2D eigenvalue weighted by Gasteiger charge is -2.09. The molecule has 0 saturated heterocycles. The number of nitrogens with zero attached hydrogens (tertiary/aromatic N) is 1. The average molecular weight is 352 g/mol. The first kappa shape index (κ1) is 15.0. The van der Waals surface area contributed by atoms with Crippen LogP contribution in [0.25, 0.3) is 0 Å². The van der Waals surface area contributed by atoms with Gasteiger partial charge in [0.25, 0.3) is 5.69 Å². The average Bonchev–Trinajstić information content (AvgIpc) is 2.45. The van der Waals surface area contributed by atoms with E-state index in [2.05, 4.69) is 15.9 Å². The van der Waals surface area contributed by atoms with E-state index < -0.39 is 10.9 Å². The summed E-state index contributed by atoms with van der Waals surface area (Å²) >= 11 is 3.24. The van der Waals surface area contributed by atoms with Gasteiger partial charge in [0.15, 0.2) is 0 Å². The predicted molar refractivity (Wildman–Crippen MR) is 78.5 cm³/mol. The molecule has 0 saturated carbocycles. The Morgan fingerprint density at radius 2 is 2.05 bits per heavy atom. The molecule has 1 N–H and O–H groups in total. The van der Waals surface area contributed by atoms with E-state index in [-0.39, 0.29) is 23.6 Å². The molecule has 2 aromatic rings. The molecule has 6 nitrogen and oxygen atoms in total. The number of carboxylic acids is 1. The number of nitro benzene ring substituents is 1. The first-order valence-electron chi connectivity index (χ1n) is 5.86. The van der Waals surface area contributed by atoms with Gasteiger partial charge in [0, 0.05) is 16.6 Å². The largest absolute Gasteiger partial charge is 0.488 e. The van der Waals surface area contributed by atoms with E-state index >= 15 is 0 Å². The van der Waals surface area contributed by atoms with E-state index in [1.54, 1.807) is 24.3 Å². The summed E-state index contributed by atoms with van der Waals surface area (Å²) in [6, 6.07) is 10.6. The molecular formula is C14H10BrNO5. The highest BCUT2D eigenvalue weighted by molar-refractivity contribution is 9.10. The van der Waals surface area contributed by atoms with Gasteiger partial charge in [0.2, 0.25) is 0 Å². The molecule has 21 heavy (non-hydrogen) atoms. The van der Waals surface area contributed by atoms with Crippen molar-refractivity contribution in [2.75, 3.05) is 0 Å². The SMILES string of the molecule is O=C(O)c1ccc(Br)cc1OCc1cccc([N+](=O)[O-])c1. The second-order valence-corrected chi connectivity index (χ2v) is 5.08. The maximum atomic E-state index is 11.1. The third-order valence-corrected chi connectivity index (χ3v) is 3.18. The van der Waals surface area contributed by atoms with Crippen LogP contribution < -0.4 is 4.74 Å². The monoisotopic (exact) mass is 351 g/mol. The summed E-state index contributed by atoms with van der Waals surface area (Å²) in [5.41, 5.74) is 0.577. The van der Waals surface area contributed by atoms with Crippen LogP contribution in [0.1, 0.15) is 15.9 Å². The van der Waals surface area contributed by atoms with Crippen molar-refractivity contribution in [3.63, 3.8) is 0 Å². The Balaban J connectivity index is 2.20. The molecule has 7 heteroatoms. The maximum absolute atomic E-state index is 11.1. The first-order valence-corrected chi connectivity index (χ1v) is 6.65. The Morgan fingerprint density at radius 3 is 2.71 bits per heavy atom. The fraction of sp³-hybridized carbons (Fsp3) is 0.0714. The van der Waals surface area contributed by atoms with E-state index in [0.29, 0.717) is 10.0 Å². The quantitative estimate of drug-likeness (QED) is 0.656. The minimum absolute atomic E-state index is 0.0311. The van der Waals surface area contributed by atoms with E-state index in [4.69, 9.17) is 9.84 Å². The molecule has 0 radical (unpaired) electrons. The van der Waals surface area contributed by atoms with Gasteiger partial charge >= 0.3 is 5.97 Å². The smallest absolute Gasteiger partial charge is 0.339 e. The fourth-order valence-electron chi connectivity index (χ4n) is 1.71. The van der Waals surface area contributed by atoms with Gasteiger partial charge < -0.3 is 9.84 Å². The Morgan fingerprint density at radius 1 is 1.29 bits per heavy atom. The molecular weight excluding hydrogens is 342 g/mol. The van der Waals surface area contributed by atoms with Crippen LogP contribution in [0.3, 0.4) is 0 Å². The molecule has 0 fully saturated rings. The van der Waals surface area contributed by atoms with Gasteiger partial charge in [0.1, 0.15) is 17.9 Å². The summed E-state index contributed by atoms with van der Waals surface area (Å²) in [7, 11) is 0. The third-order valence-electron chi connectivity index (χ3n) is 2.69. The first-order chi connectivity index (χ1) is 9.97. The Bertz CT molecular complexity index is 702. The van der Waals surface area contributed by atoms with Crippen LogP contribution in [0.2, 0.25) is 0 Å². The van der Waals surface area contributed by atoms with Gasteiger partial charge in [-0.25, -0.2) is 4.79 Å². The van der Waals surface area contributed by atoms with Crippen LogP contribution in [-0.2, 0) is 6.61 Å². The van der Waals surface area contributed by atoms with Crippen LogP contribution in [0, 0.1) is 10.1 Å². The molecule has 0 unspecified atom stereocenters. The van der Waals surface area contributed by atoms with E-state index in [0.717, 1.165) is 0 Å². The van der Waals surface area contributed by atoms with Gasteiger partial charge in [0.05, 0.1) is 4.92 Å². The highest BCUT2D eigenvalue weighted by Crippen LogP contribution is 2.25. The lowest BCUT2D eigenvalue weighted by Crippen LogP contribution is -2.03. The van der Waals surface area contributed by atoms with E-state index in [1.165, 1.54) is 18.2 Å². The van der Waals surface area contributed by atoms with Crippen molar-refractivity contribution in [2.45, 2.75) is 6.61 Å². The van der Waals surface area contributed by atoms with Gasteiger partial charge in [-0.2, -0.15) is 0 Å². The number of carbonyl (C=O) groups is 1. The Labute approximate surface area is 128 Å². The molecule has 0 bridgehead atoms. The minimum Gasteiger partial charge on any atom is -0.488 e. The van der Waals surface area contributed by atoms with Crippen molar-refractivity contribution in [3.8, 4) is 5.75 Å². The number of aromatic carboxylic acids is 1. The van der Waals surface area contributed by atoms with Crippen LogP contribution in [0.4, 0.5) is 5.69 Å². The maximum Gasteiger partial charge on any atom is 0.339 e. The molecule has 0 aliphatic rings. The zero-order valence-corrected chi connectivity index (χ0v) is 12.2. The van der Waals surface area contributed by atoms with Crippen molar-refractivity contribution in [3.05, 3.63) is 68.2 Å². The van der Waals surface area contributed by atoms with Crippen LogP contribution in [-0.4, -0.2) is 16.0 Å². The van der Waals surface area contributed by atoms with Gasteiger partial charge in [-0.3, -0.25) is 10.1 Å². The second kappa shape index (κ2) is 6.36. The molecule has 108 valence electrons. The molecule has 0 aliphatic carbocycles. The van der Waals surface area contributed by atoms with Crippen LogP contribution >= 0.6 is 15.9 Å². The highest BCUT2D eigenvalue weighted by atomic mass is 79.9. The number of halogens is 1. The number of benzene rings is 2. The normalized spacial score (nSPS) is 10.1. The van der Waals surface area contributed by atoms with Crippen molar-refractivity contribution in [1.29, 1.82) is 0 Å². The number of hydrogen-bond acceptors (Lipinski definition) is 4. The zero-order valence-electron chi connectivity index (χ0n) is 10.7. The lowest BCUT2D eigenvalue weighted by molar-refractivity contribution is -0.384. The lowest BCUT2D eigenvalue weighted by atomic mass is 10.2. The number of nitro groups is 1. The molecule has 0 spiro atoms. The Hall–Kier alpha value is -2.41. The number of rotatable bonds is 5. The topological polar surface area (TPSA) is 89.7 Å². The Kier molecular flexibility index (Phi) is 4.54. The van der Waals surface area contributed by atoms with Crippen molar-refractivity contribution in [1.82, 2.24) is 0 Å².